The van der Waals surface area contributed by atoms with Gasteiger partial charge in [-0.2, -0.15) is 13.2 Å². The second-order valence-corrected chi connectivity index (χ2v) is 5.36. The zero-order valence-corrected chi connectivity index (χ0v) is 8.54. The third-order valence-corrected chi connectivity index (χ3v) is 3.52. The van der Waals surface area contributed by atoms with Crippen LogP contribution in [0.3, 0.4) is 0 Å². The number of hydrogen-bond acceptors (Lipinski definition) is 1. The van der Waals surface area contributed by atoms with E-state index in [1.54, 1.807) is 0 Å². The lowest BCUT2D eigenvalue weighted by molar-refractivity contribution is -0.339. The SMILES string of the molecule is CC(C)CNC12CC(C(F)(F)F)(C1)C2. The lowest BCUT2D eigenvalue weighted by atomic mass is 9.39. The van der Waals surface area contributed by atoms with Crippen molar-refractivity contribution in [1.29, 1.82) is 0 Å². The molecule has 3 saturated carbocycles. The minimum Gasteiger partial charge on any atom is -0.311 e. The van der Waals surface area contributed by atoms with E-state index in [-0.39, 0.29) is 5.54 Å². The molecule has 4 heteroatoms. The third kappa shape index (κ3) is 1.27. The van der Waals surface area contributed by atoms with Gasteiger partial charge in [0.15, 0.2) is 0 Å². The van der Waals surface area contributed by atoms with Crippen molar-refractivity contribution in [1.82, 2.24) is 5.32 Å². The molecule has 0 radical (unpaired) electrons. The highest BCUT2D eigenvalue weighted by Gasteiger charge is 2.78. The number of hydrogen-bond donors (Lipinski definition) is 1. The first-order valence-corrected chi connectivity index (χ1v) is 5.10. The Morgan fingerprint density at radius 1 is 1.21 bits per heavy atom. The summed E-state index contributed by atoms with van der Waals surface area (Å²) in [5.41, 5.74) is -1.46. The molecule has 1 nitrogen and oxygen atoms in total. The molecule has 0 unspecified atom stereocenters. The molecule has 0 atom stereocenters. The van der Waals surface area contributed by atoms with Gasteiger partial charge in [-0.3, -0.25) is 0 Å². The van der Waals surface area contributed by atoms with Crippen LogP contribution in [0.25, 0.3) is 0 Å². The van der Waals surface area contributed by atoms with Gasteiger partial charge in [0.05, 0.1) is 5.41 Å². The molecule has 0 aromatic rings. The standard InChI is InChI=1S/C10H16F3N/c1-7(2)3-14-9-4-8(5-9,6-9)10(11,12)13/h7,14H,3-6H2,1-2H3. The normalized spacial score (nSPS) is 40.7. The zero-order chi connectivity index (χ0) is 10.6. The number of halogens is 3. The predicted octanol–water partition coefficient (Wildman–Crippen LogP) is 2.72. The van der Waals surface area contributed by atoms with Gasteiger partial charge in [-0.15, -0.1) is 0 Å². The molecule has 0 aromatic heterocycles. The van der Waals surface area contributed by atoms with E-state index in [4.69, 9.17) is 0 Å². The monoisotopic (exact) mass is 207 g/mol. The Labute approximate surface area is 82.1 Å². The molecule has 3 aliphatic rings. The van der Waals surface area contributed by atoms with Gasteiger partial charge in [-0.1, -0.05) is 13.8 Å². The lowest BCUT2D eigenvalue weighted by Gasteiger charge is -2.70. The molecule has 3 fully saturated rings. The first-order chi connectivity index (χ1) is 6.29. The second kappa shape index (κ2) is 2.65. The first-order valence-electron chi connectivity index (χ1n) is 5.10. The van der Waals surface area contributed by atoms with Crippen LogP contribution in [0.4, 0.5) is 13.2 Å². The van der Waals surface area contributed by atoms with Crippen molar-refractivity contribution in [3.63, 3.8) is 0 Å². The molecule has 0 heterocycles. The van der Waals surface area contributed by atoms with Crippen LogP contribution in [-0.2, 0) is 0 Å². The Balaban J connectivity index is 1.83. The van der Waals surface area contributed by atoms with E-state index in [0.29, 0.717) is 25.2 Å². The van der Waals surface area contributed by atoms with Crippen LogP contribution in [-0.4, -0.2) is 18.3 Å². The molecule has 82 valence electrons. The maximum absolute atomic E-state index is 12.5. The predicted molar refractivity (Wildman–Crippen MR) is 47.9 cm³/mol. The highest BCUT2D eigenvalue weighted by atomic mass is 19.4. The fraction of sp³-hybridized carbons (Fsp3) is 1.00. The highest BCUT2D eigenvalue weighted by molar-refractivity contribution is 5.25. The molecule has 1 N–H and O–H groups in total. The number of nitrogens with one attached hydrogen (secondary N) is 1. The number of alkyl halides is 3. The molecule has 0 amide bonds. The van der Waals surface area contributed by atoms with Crippen LogP contribution in [0, 0.1) is 11.3 Å². The van der Waals surface area contributed by atoms with Crippen molar-refractivity contribution in [3.05, 3.63) is 0 Å². The topological polar surface area (TPSA) is 12.0 Å². The lowest BCUT2D eigenvalue weighted by Crippen LogP contribution is -2.78. The molecular weight excluding hydrogens is 191 g/mol. The summed E-state index contributed by atoms with van der Waals surface area (Å²) in [4.78, 5) is 0. The Kier molecular flexibility index (Phi) is 1.95. The van der Waals surface area contributed by atoms with Crippen LogP contribution in [0.15, 0.2) is 0 Å². The second-order valence-electron chi connectivity index (χ2n) is 5.36. The Morgan fingerprint density at radius 3 is 2.07 bits per heavy atom. The van der Waals surface area contributed by atoms with Gasteiger partial charge >= 0.3 is 6.18 Å². The third-order valence-electron chi connectivity index (χ3n) is 3.52. The van der Waals surface area contributed by atoms with Crippen molar-refractivity contribution in [3.8, 4) is 0 Å². The molecule has 0 aliphatic heterocycles. The molecule has 2 bridgehead atoms. The van der Waals surface area contributed by atoms with Gasteiger partial charge in [0.2, 0.25) is 0 Å². The van der Waals surface area contributed by atoms with Gasteiger partial charge in [-0.05, 0) is 31.7 Å². The van der Waals surface area contributed by atoms with Crippen LogP contribution < -0.4 is 5.32 Å². The van der Waals surface area contributed by atoms with Crippen LogP contribution in [0.2, 0.25) is 0 Å². The molecule has 0 spiro atoms. The summed E-state index contributed by atoms with van der Waals surface area (Å²) < 4.78 is 37.4. The van der Waals surface area contributed by atoms with Crippen LogP contribution >= 0.6 is 0 Å². The minimum atomic E-state index is -3.98. The summed E-state index contributed by atoms with van der Waals surface area (Å²) in [5.74, 6) is 0.505. The highest BCUT2D eigenvalue weighted by Crippen LogP contribution is 2.73. The number of rotatable bonds is 3. The summed E-state index contributed by atoms with van der Waals surface area (Å²) in [6, 6.07) is 0. The van der Waals surface area contributed by atoms with Crippen molar-refractivity contribution >= 4 is 0 Å². The van der Waals surface area contributed by atoms with Crippen LogP contribution in [0.5, 0.6) is 0 Å². The smallest absolute Gasteiger partial charge is 0.311 e. The van der Waals surface area contributed by atoms with Crippen molar-refractivity contribution in [2.75, 3.05) is 6.54 Å². The molecule has 14 heavy (non-hydrogen) atoms. The van der Waals surface area contributed by atoms with E-state index in [1.165, 1.54) is 0 Å². The van der Waals surface area contributed by atoms with Gasteiger partial charge in [-0.25, -0.2) is 0 Å². The summed E-state index contributed by atoms with van der Waals surface area (Å²) in [7, 11) is 0. The maximum Gasteiger partial charge on any atom is 0.394 e. The van der Waals surface area contributed by atoms with Gasteiger partial charge in [0.1, 0.15) is 0 Å². The van der Waals surface area contributed by atoms with E-state index in [9.17, 15) is 13.2 Å². The largest absolute Gasteiger partial charge is 0.394 e. The molecular formula is C10H16F3N. The average Bonchev–Trinajstić information content (AvgIpc) is 1.76. The molecule has 0 aromatic carbocycles. The summed E-state index contributed by atoms with van der Waals surface area (Å²) in [5, 5.41) is 3.26. The summed E-state index contributed by atoms with van der Waals surface area (Å²) >= 11 is 0. The Hall–Kier alpha value is -0.250. The fourth-order valence-corrected chi connectivity index (χ4v) is 2.70. The molecule has 0 saturated heterocycles. The maximum atomic E-state index is 12.5. The average molecular weight is 207 g/mol. The van der Waals surface area contributed by atoms with Crippen molar-refractivity contribution < 1.29 is 13.2 Å². The zero-order valence-electron chi connectivity index (χ0n) is 8.54. The molecule has 3 aliphatic carbocycles. The summed E-state index contributed by atoms with van der Waals surface area (Å²) in [6.07, 6.45) is -3.07. The van der Waals surface area contributed by atoms with E-state index in [2.05, 4.69) is 19.2 Å². The fourth-order valence-electron chi connectivity index (χ4n) is 2.70. The van der Waals surface area contributed by atoms with Gasteiger partial charge < -0.3 is 5.32 Å². The van der Waals surface area contributed by atoms with E-state index >= 15 is 0 Å². The Morgan fingerprint density at radius 2 is 1.71 bits per heavy atom. The Bertz CT molecular complexity index is 224. The van der Waals surface area contributed by atoms with Gasteiger partial charge in [0.25, 0.3) is 0 Å². The van der Waals surface area contributed by atoms with E-state index in [1.807, 2.05) is 0 Å². The van der Waals surface area contributed by atoms with E-state index in [0.717, 1.165) is 6.54 Å². The first kappa shape index (κ1) is 10.3. The molecule has 3 rings (SSSR count). The van der Waals surface area contributed by atoms with E-state index < -0.39 is 11.6 Å². The quantitative estimate of drug-likeness (QED) is 0.750. The minimum absolute atomic E-state index is 0.153. The summed E-state index contributed by atoms with van der Waals surface area (Å²) in [6.45, 7) is 4.96. The van der Waals surface area contributed by atoms with Crippen molar-refractivity contribution in [2.24, 2.45) is 11.3 Å². The van der Waals surface area contributed by atoms with Gasteiger partial charge in [0, 0.05) is 5.54 Å². The van der Waals surface area contributed by atoms with Crippen LogP contribution in [0.1, 0.15) is 33.1 Å². The van der Waals surface area contributed by atoms with Crippen molar-refractivity contribution in [2.45, 2.75) is 44.8 Å².